The molecule has 1 saturated heterocycles. The molecule has 146 valence electrons. The monoisotopic (exact) mass is 455 g/mol. The van der Waals surface area contributed by atoms with Gasteiger partial charge in [-0.25, -0.2) is 0 Å². The van der Waals surface area contributed by atoms with Gasteiger partial charge in [0.05, 0.1) is 31.2 Å². The molecule has 0 radical (unpaired) electrons. The van der Waals surface area contributed by atoms with Gasteiger partial charge in [0.2, 0.25) is 5.75 Å². The molecule has 8 heteroatoms. The smallest absolute Gasteiger partial charge is 0.320 e. The first-order chi connectivity index (χ1) is 13.0. The molecule has 0 spiro atoms. The molecular formula is C19H22BrNO5S. The van der Waals surface area contributed by atoms with Crippen LogP contribution in [0.4, 0.5) is 0 Å². The zero-order valence-corrected chi connectivity index (χ0v) is 17.8. The number of ether oxygens (including phenoxy) is 3. The highest BCUT2D eigenvalue weighted by molar-refractivity contribution is 9.11. The SMILES string of the molecule is COc1ccc(C(c2ccc(Br)s2)N2CCCC2C(=O)O)c(OC)c1OC. The minimum Gasteiger partial charge on any atom is -0.493 e. The summed E-state index contributed by atoms with van der Waals surface area (Å²) in [5.41, 5.74) is 0.859. The molecule has 2 aromatic rings. The third kappa shape index (κ3) is 3.79. The summed E-state index contributed by atoms with van der Waals surface area (Å²) in [7, 11) is 4.73. The second kappa shape index (κ2) is 8.50. The average Bonchev–Trinajstić information content (AvgIpc) is 3.31. The summed E-state index contributed by atoms with van der Waals surface area (Å²) < 4.78 is 17.6. The molecule has 1 aromatic heterocycles. The molecular weight excluding hydrogens is 434 g/mol. The number of aliphatic carboxylic acids is 1. The molecule has 2 unspecified atom stereocenters. The Balaban J connectivity index is 2.18. The number of benzene rings is 1. The fourth-order valence-electron chi connectivity index (χ4n) is 3.67. The van der Waals surface area contributed by atoms with Crippen LogP contribution in [-0.4, -0.2) is 49.9 Å². The molecule has 2 atom stereocenters. The van der Waals surface area contributed by atoms with Crippen molar-refractivity contribution in [1.82, 2.24) is 4.90 Å². The number of methoxy groups -OCH3 is 3. The lowest BCUT2D eigenvalue weighted by Crippen LogP contribution is -2.39. The Kier molecular flexibility index (Phi) is 6.29. The van der Waals surface area contributed by atoms with Crippen LogP contribution in [0.1, 0.15) is 29.3 Å². The zero-order chi connectivity index (χ0) is 19.6. The number of carbonyl (C=O) groups is 1. The van der Waals surface area contributed by atoms with Crippen LogP contribution in [0.15, 0.2) is 28.1 Å². The molecule has 1 aromatic carbocycles. The van der Waals surface area contributed by atoms with Crippen LogP contribution in [-0.2, 0) is 4.79 Å². The topological polar surface area (TPSA) is 68.2 Å². The van der Waals surface area contributed by atoms with Crippen molar-refractivity contribution in [2.24, 2.45) is 0 Å². The molecule has 27 heavy (non-hydrogen) atoms. The highest BCUT2D eigenvalue weighted by Gasteiger charge is 2.39. The number of carboxylic acids is 1. The van der Waals surface area contributed by atoms with Crippen molar-refractivity contribution in [1.29, 1.82) is 0 Å². The summed E-state index contributed by atoms with van der Waals surface area (Å²) in [6.45, 7) is 0.703. The summed E-state index contributed by atoms with van der Waals surface area (Å²) in [6, 6.07) is 6.97. The Morgan fingerprint density at radius 3 is 2.48 bits per heavy atom. The van der Waals surface area contributed by atoms with E-state index in [0.717, 1.165) is 20.6 Å². The second-order valence-corrected chi connectivity index (χ2v) is 8.70. The van der Waals surface area contributed by atoms with Crippen molar-refractivity contribution >= 4 is 33.2 Å². The van der Waals surface area contributed by atoms with Gasteiger partial charge in [0.15, 0.2) is 11.5 Å². The minimum atomic E-state index is -0.799. The molecule has 6 nitrogen and oxygen atoms in total. The predicted octanol–water partition coefficient (Wildman–Crippen LogP) is 4.17. The number of carboxylic acid groups (broad SMARTS) is 1. The van der Waals surface area contributed by atoms with E-state index in [1.807, 2.05) is 29.2 Å². The highest BCUT2D eigenvalue weighted by Crippen LogP contribution is 2.48. The van der Waals surface area contributed by atoms with E-state index in [9.17, 15) is 9.90 Å². The fraction of sp³-hybridized carbons (Fsp3) is 0.421. The number of thiophene rings is 1. The van der Waals surface area contributed by atoms with Crippen LogP contribution < -0.4 is 14.2 Å². The number of hydrogen-bond acceptors (Lipinski definition) is 6. The number of nitrogens with zero attached hydrogens (tertiary/aromatic N) is 1. The van der Waals surface area contributed by atoms with E-state index in [-0.39, 0.29) is 6.04 Å². The van der Waals surface area contributed by atoms with E-state index in [0.29, 0.717) is 30.2 Å². The first-order valence-corrected chi connectivity index (χ1v) is 10.1. The summed E-state index contributed by atoms with van der Waals surface area (Å²) in [6.07, 6.45) is 1.48. The maximum atomic E-state index is 11.8. The van der Waals surface area contributed by atoms with Gasteiger partial charge < -0.3 is 19.3 Å². The average molecular weight is 456 g/mol. The van der Waals surface area contributed by atoms with Crippen LogP contribution in [0.3, 0.4) is 0 Å². The van der Waals surface area contributed by atoms with Crippen LogP contribution >= 0.6 is 27.3 Å². The Hall–Kier alpha value is -1.77. The largest absolute Gasteiger partial charge is 0.493 e. The quantitative estimate of drug-likeness (QED) is 0.675. The van der Waals surface area contributed by atoms with Crippen molar-refractivity contribution in [2.45, 2.75) is 24.9 Å². The van der Waals surface area contributed by atoms with Gasteiger partial charge in [0.1, 0.15) is 6.04 Å². The van der Waals surface area contributed by atoms with Crippen molar-refractivity contribution in [3.63, 3.8) is 0 Å². The second-order valence-electron chi connectivity index (χ2n) is 6.20. The Morgan fingerprint density at radius 1 is 1.19 bits per heavy atom. The fourth-order valence-corrected chi connectivity index (χ4v) is 5.24. The molecule has 1 N–H and O–H groups in total. The van der Waals surface area contributed by atoms with Crippen LogP contribution in [0.2, 0.25) is 0 Å². The van der Waals surface area contributed by atoms with Gasteiger partial charge in [-0.15, -0.1) is 11.3 Å². The molecule has 1 aliphatic rings. The van der Waals surface area contributed by atoms with Gasteiger partial charge in [-0.2, -0.15) is 0 Å². The first-order valence-electron chi connectivity index (χ1n) is 8.54. The molecule has 0 amide bonds. The maximum absolute atomic E-state index is 11.8. The standard InChI is InChI=1S/C19H22BrNO5S/c1-24-13-7-6-11(17(25-2)18(13)26-3)16(14-8-9-15(20)27-14)21-10-4-5-12(21)19(22)23/h6-9,12,16H,4-5,10H2,1-3H3,(H,22,23). The van der Waals surface area contributed by atoms with Crippen LogP contribution in [0.5, 0.6) is 17.2 Å². The van der Waals surface area contributed by atoms with Crippen LogP contribution in [0.25, 0.3) is 0 Å². The van der Waals surface area contributed by atoms with Crippen molar-refractivity contribution < 1.29 is 24.1 Å². The minimum absolute atomic E-state index is 0.250. The van der Waals surface area contributed by atoms with Gasteiger partial charge in [-0.1, -0.05) is 0 Å². The molecule has 1 fully saturated rings. The number of hydrogen-bond donors (Lipinski definition) is 1. The summed E-state index contributed by atoms with van der Waals surface area (Å²) >= 11 is 5.11. The molecule has 3 rings (SSSR count). The van der Waals surface area contributed by atoms with Gasteiger partial charge in [0.25, 0.3) is 0 Å². The Labute approximate surface area is 170 Å². The predicted molar refractivity (Wildman–Crippen MR) is 107 cm³/mol. The van der Waals surface area contributed by atoms with Gasteiger partial charge in [0, 0.05) is 17.0 Å². The first kappa shape index (κ1) is 20.0. The highest BCUT2D eigenvalue weighted by atomic mass is 79.9. The third-order valence-corrected chi connectivity index (χ3v) is 6.48. The maximum Gasteiger partial charge on any atom is 0.320 e. The van der Waals surface area contributed by atoms with E-state index in [2.05, 4.69) is 15.9 Å². The van der Waals surface area contributed by atoms with E-state index < -0.39 is 12.0 Å². The van der Waals surface area contributed by atoms with Gasteiger partial charge in [-0.3, -0.25) is 9.69 Å². The molecule has 0 bridgehead atoms. The molecule has 1 aliphatic heterocycles. The molecule has 0 aliphatic carbocycles. The Bertz CT molecular complexity index is 824. The van der Waals surface area contributed by atoms with Crippen LogP contribution in [0, 0.1) is 0 Å². The lowest BCUT2D eigenvalue weighted by atomic mass is 10.00. The number of rotatable bonds is 7. The van der Waals surface area contributed by atoms with Crippen molar-refractivity contribution in [3.05, 3.63) is 38.5 Å². The lowest BCUT2D eigenvalue weighted by molar-refractivity contribution is -0.142. The Morgan fingerprint density at radius 2 is 1.93 bits per heavy atom. The normalized spacial score (nSPS) is 18.3. The van der Waals surface area contributed by atoms with Crippen molar-refractivity contribution in [3.8, 4) is 17.2 Å². The van der Waals surface area contributed by atoms with Crippen molar-refractivity contribution in [2.75, 3.05) is 27.9 Å². The van der Waals surface area contributed by atoms with Gasteiger partial charge in [-0.05, 0) is 53.0 Å². The molecule has 2 heterocycles. The van der Waals surface area contributed by atoms with E-state index >= 15 is 0 Å². The number of likely N-dealkylation sites (tertiary alicyclic amines) is 1. The summed E-state index contributed by atoms with van der Waals surface area (Å²) in [5.74, 6) is 0.833. The number of halogens is 1. The zero-order valence-electron chi connectivity index (χ0n) is 15.4. The lowest BCUT2D eigenvalue weighted by Gasteiger charge is -2.32. The van der Waals surface area contributed by atoms with E-state index in [1.54, 1.807) is 32.7 Å². The summed E-state index contributed by atoms with van der Waals surface area (Å²) in [5, 5.41) is 9.72. The molecule has 0 saturated carbocycles. The summed E-state index contributed by atoms with van der Waals surface area (Å²) in [4.78, 5) is 14.9. The van der Waals surface area contributed by atoms with E-state index in [1.165, 1.54) is 0 Å². The van der Waals surface area contributed by atoms with E-state index in [4.69, 9.17) is 14.2 Å². The third-order valence-electron chi connectivity index (χ3n) is 4.80. The van der Waals surface area contributed by atoms with Gasteiger partial charge >= 0.3 is 5.97 Å².